The van der Waals surface area contributed by atoms with E-state index >= 15 is 0 Å². The number of carboxylic acids is 1. The van der Waals surface area contributed by atoms with Crippen LogP contribution in [0.1, 0.15) is 39.0 Å². The molecule has 0 radical (unpaired) electrons. The van der Waals surface area contributed by atoms with Gasteiger partial charge in [0.2, 0.25) is 10.0 Å². The van der Waals surface area contributed by atoms with Gasteiger partial charge in [0.15, 0.2) is 0 Å². The number of nitrogens with two attached hydrogens (primary N) is 1. The molecule has 224 valence electrons. The van der Waals surface area contributed by atoms with Crippen LogP contribution in [0.25, 0.3) is 23.3 Å². The Balaban J connectivity index is 0.000000386. The molecule has 1 aromatic heterocycles. The van der Waals surface area contributed by atoms with Crippen LogP contribution in [0.4, 0.5) is 0 Å². The number of amides is 1. The Morgan fingerprint density at radius 1 is 0.953 bits per heavy atom. The van der Waals surface area contributed by atoms with E-state index in [2.05, 4.69) is 10.3 Å². The highest BCUT2D eigenvalue weighted by Gasteiger charge is 2.22. The molecule has 1 amide bonds. The minimum atomic E-state index is -3.52. The topological polar surface area (TPSA) is 139 Å². The lowest BCUT2D eigenvalue weighted by Crippen LogP contribution is -2.41. The number of rotatable bonds is 10. The highest BCUT2D eigenvalue weighted by molar-refractivity contribution is 7.98. The number of thioether (sulfide) groups is 1. The lowest BCUT2D eigenvalue weighted by atomic mass is 9.93. The minimum Gasteiger partial charge on any atom is -0.480 e. The molecule has 0 bridgehead atoms. The number of carboxylic acid groups (broad SMARTS) is 1. The lowest BCUT2D eigenvalue weighted by Gasteiger charge is -2.17. The third-order valence-electron chi connectivity index (χ3n) is 6.44. The minimum absolute atomic E-state index is 0.156. The standard InChI is InChI=1S/C26H26N2O3S.C7H9NO2S/c1-18-6-3-4-8-21(18)23-16-19(9-10-20-7-5-14-27-17-20)11-12-22(23)25(29)28-24(26(30)31)13-15-32-2;1-6-2-4-7(5-3-6)11(8,9)10/h3-12,14,16-17,24H,13,15H2,1-2H3,(H,28,29)(H,30,31);2-5H,1H3,(H2,8,9,10)/t24-;/m0./s1. The van der Waals surface area contributed by atoms with Gasteiger partial charge in [-0.2, -0.15) is 11.8 Å². The molecule has 0 saturated carbocycles. The molecule has 8 nitrogen and oxygen atoms in total. The summed E-state index contributed by atoms with van der Waals surface area (Å²) >= 11 is 1.55. The predicted molar refractivity (Wildman–Crippen MR) is 174 cm³/mol. The summed E-state index contributed by atoms with van der Waals surface area (Å²) in [5.41, 5.74) is 6.11. The summed E-state index contributed by atoms with van der Waals surface area (Å²) in [7, 11) is -3.52. The second-order valence-corrected chi connectivity index (χ2v) is 12.3. The Morgan fingerprint density at radius 3 is 2.26 bits per heavy atom. The van der Waals surface area contributed by atoms with Crippen LogP contribution in [0.15, 0.2) is 96.2 Å². The summed E-state index contributed by atoms with van der Waals surface area (Å²) in [5, 5.41) is 17.1. The summed E-state index contributed by atoms with van der Waals surface area (Å²) in [6, 6.07) is 22.7. The molecule has 4 rings (SSSR count). The first-order valence-electron chi connectivity index (χ1n) is 13.4. The first-order valence-corrected chi connectivity index (χ1v) is 16.3. The van der Waals surface area contributed by atoms with Gasteiger partial charge < -0.3 is 10.4 Å². The number of benzene rings is 3. The summed E-state index contributed by atoms with van der Waals surface area (Å²) in [4.78, 5) is 29.0. The molecule has 4 aromatic rings. The van der Waals surface area contributed by atoms with E-state index in [1.165, 1.54) is 12.1 Å². The van der Waals surface area contributed by atoms with Crippen molar-refractivity contribution in [2.24, 2.45) is 5.14 Å². The average molecular weight is 618 g/mol. The fourth-order valence-corrected chi connectivity index (χ4v) is 5.07. The van der Waals surface area contributed by atoms with Gasteiger partial charge in [0.05, 0.1) is 4.90 Å². The number of aliphatic carboxylic acids is 1. The van der Waals surface area contributed by atoms with Crippen molar-refractivity contribution in [2.45, 2.75) is 31.2 Å². The summed E-state index contributed by atoms with van der Waals surface area (Å²) < 4.78 is 21.4. The summed E-state index contributed by atoms with van der Waals surface area (Å²) in [6.45, 7) is 3.88. The van der Waals surface area contributed by atoms with E-state index in [1.54, 1.807) is 42.4 Å². The van der Waals surface area contributed by atoms with Crippen LogP contribution in [-0.4, -0.2) is 48.4 Å². The molecule has 0 saturated heterocycles. The average Bonchev–Trinajstić information content (AvgIpc) is 2.98. The predicted octanol–water partition coefficient (Wildman–Crippen LogP) is 5.81. The van der Waals surface area contributed by atoms with Crippen LogP contribution in [0.5, 0.6) is 0 Å². The molecule has 0 aliphatic rings. The quantitative estimate of drug-likeness (QED) is 0.204. The molecule has 0 unspecified atom stereocenters. The largest absolute Gasteiger partial charge is 0.480 e. The SMILES string of the molecule is CSCC[C@H](NC(=O)c1ccc(C=Cc2cccnc2)cc1-c1ccccc1C)C(=O)O.Cc1ccc(S(N)(=O)=O)cc1. The molecule has 4 N–H and O–H groups in total. The van der Waals surface area contributed by atoms with Crippen molar-refractivity contribution in [3.8, 4) is 11.1 Å². The first-order chi connectivity index (χ1) is 20.5. The third-order valence-corrected chi connectivity index (χ3v) is 8.01. The van der Waals surface area contributed by atoms with Crippen molar-refractivity contribution < 1.29 is 23.1 Å². The summed E-state index contributed by atoms with van der Waals surface area (Å²) in [6.07, 6.45) is 9.72. The highest BCUT2D eigenvalue weighted by Crippen LogP contribution is 2.29. The highest BCUT2D eigenvalue weighted by atomic mass is 32.2. The number of primary sulfonamides is 1. The van der Waals surface area contributed by atoms with Gasteiger partial charge in [-0.3, -0.25) is 9.78 Å². The van der Waals surface area contributed by atoms with E-state index in [4.69, 9.17) is 5.14 Å². The zero-order chi connectivity index (χ0) is 31.4. The molecule has 0 aliphatic heterocycles. The molecule has 1 heterocycles. The number of aryl methyl sites for hydroxylation is 2. The van der Waals surface area contributed by atoms with Gasteiger partial charge in [-0.15, -0.1) is 0 Å². The Kier molecular flexibility index (Phi) is 12.2. The maximum atomic E-state index is 13.1. The van der Waals surface area contributed by atoms with Gasteiger partial charge in [-0.1, -0.05) is 66.2 Å². The molecular weight excluding hydrogens is 583 g/mol. The first kappa shape index (κ1) is 33.3. The van der Waals surface area contributed by atoms with Crippen molar-refractivity contribution in [1.29, 1.82) is 0 Å². The number of nitrogens with one attached hydrogen (secondary N) is 1. The second-order valence-electron chi connectivity index (χ2n) is 9.74. The van der Waals surface area contributed by atoms with Crippen LogP contribution in [0, 0.1) is 13.8 Å². The van der Waals surface area contributed by atoms with Gasteiger partial charge in [0.1, 0.15) is 6.04 Å². The van der Waals surface area contributed by atoms with Gasteiger partial charge in [-0.25, -0.2) is 18.4 Å². The fourth-order valence-electron chi connectivity index (χ4n) is 4.09. The zero-order valence-corrected chi connectivity index (χ0v) is 25.9. The molecule has 3 aromatic carbocycles. The molecule has 0 fully saturated rings. The number of hydrogen-bond donors (Lipinski definition) is 3. The molecule has 1 atom stereocenters. The van der Waals surface area contributed by atoms with Crippen LogP contribution in [-0.2, 0) is 14.8 Å². The number of sulfonamides is 1. The van der Waals surface area contributed by atoms with E-state index in [0.29, 0.717) is 17.7 Å². The fraction of sp³-hybridized carbons (Fsp3) is 0.182. The second kappa shape index (κ2) is 15.8. The number of carbonyl (C=O) groups is 2. The Morgan fingerprint density at radius 2 is 1.65 bits per heavy atom. The van der Waals surface area contributed by atoms with Crippen molar-refractivity contribution in [1.82, 2.24) is 10.3 Å². The van der Waals surface area contributed by atoms with Gasteiger partial charge >= 0.3 is 5.97 Å². The van der Waals surface area contributed by atoms with E-state index < -0.39 is 22.0 Å². The number of aromatic nitrogens is 1. The van der Waals surface area contributed by atoms with E-state index in [0.717, 1.165) is 33.4 Å². The van der Waals surface area contributed by atoms with Crippen molar-refractivity contribution in [3.05, 3.63) is 119 Å². The molecule has 10 heteroatoms. The Hall–Kier alpha value is -4.25. The molecular formula is C33H35N3O5S2. The van der Waals surface area contributed by atoms with Crippen LogP contribution < -0.4 is 10.5 Å². The zero-order valence-electron chi connectivity index (χ0n) is 24.2. The molecule has 43 heavy (non-hydrogen) atoms. The van der Waals surface area contributed by atoms with E-state index in [-0.39, 0.29) is 10.8 Å². The maximum absolute atomic E-state index is 13.1. The van der Waals surface area contributed by atoms with Gasteiger partial charge in [0.25, 0.3) is 5.91 Å². The molecule has 0 aliphatic carbocycles. The number of carbonyl (C=O) groups excluding carboxylic acids is 1. The van der Waals surface area contributed by atoms with E-state index in [9.17, 15) is 23.1 Å². The third kappa shape index (κ3) is 10.2. The van der Waals surface area contributed by atoms with Crippen LogP contribution in [0.3, 0.4) is 0 Å². The van der Waals surface area contributed by atoms with Gasteiger partial charge in [0, 0.05) is 18.0 Å². The van der Waals surface area contributed by atoms with Crippen LogP contribution >= 0.6 is 11.8 Å². The lowest BCUT2D eigenvalue weighted by molar-refractivity contribution is -0.139. The van der Waals surface area contributed by atoms with Crippen molar-refractivity contribution in [3.63, 3.8) is 0 Å². The number of pyridine rings is 1. The monoisotopic (exact) mass is 617 g/mol. The van der Waals surface area contributed by atoms with E-state index in [1.807, 2.05) is 80.8 Å². The van der Waals surface area contributed by atoms with Gasteiger partial charge in [-0.05, 0) is 90.4 Å². The van der Waals surface area contributed by atoms with Crippen molar-refractivity contribution >= 4 is 45.8 Å². The Labute approximate surface area is 257 Å². The van der Waals surface area contributed by atoms with Crippen molar-refractivity contribution in [2.75, 3.05) is 12.0 Å². The summed E-state index contributed by atoms with van der Waals surface area (Å²) in [5.74, 6) is -0.764. The Bertz CT molecular complexity index is 1670. The normalized spacial score (nSPS) is 11.8. The smallest absolute Gasteiger partial charge is 0.326 e. The maximum Gasteiger partial charge on any atom is 0.326 e. The molecule has 0 spiro atoms. The number of hydrogen-bond acceptors (Lipinski definition) is 6. The number of nitrogens with zero attached hydrogens (tertiary/aromatic N) is 1. The van der Waals surface area contributed by atoms with Crippen LogP contribution in [0.2, 0.25) is 0 Å².